The zero-order valence-electron chi connectivity index (χ0n) is 6.90. The van der Waals surface area contributed by atoms with Gasteiger partial charge in [0.15, 0.2) is 0 Å². The van der Waals surface area contributed by atoms with Crippen molar-refractivity contribution in [3.8, 4) is 5.75 Å². The monoisotopic (exact) mass is 183 g/mol. The first-order valence-electron chi connectivity index (χ1n) is 4.05. The molecular weight excluding hydrogens is 173 g/mol. The third kappa shape index (κ3) is 1.28. The number of hydrogen-bond acceptors (Lipinski definition) is 3. The molecule has 0 spiro atoms. The van der Waals surface area contributed by atoms with E-state index in [9.17, 15) is 9.50 Å². The molecule has 0 unspecified atom stereocenters. The van der Waals surface area contributed by atoms with Gasteiger partial charge in [-0.1, -0.05) is 6.07 Å². The largest absolute Gasteiger partial charge is 0.490 e. The van der Waals surface area contributed by atoms with Gasteiger partial charge >= 0.3 is 0 Å². The van der Waals surface area contributed by atoms with Gasteiger partial charge in [0, 0.05) is 5.56 Å². The van der Waals surface area contributed by atoms with Crippen molar-refractivity contribution in [1.82, 2.24) is 0 Å². The second kappa shape index (κ2) is 2.97. The van der Waals surface area contributed by atoms with Crippen molar-refractivity contribution in [2.75, 3.05) is 6.61 Å². The van der Waals surface area contributed by atoms with E-state index < -0.39 is 18.0 Å². The normalized spacial score (nSPS) is 26.4. The van der Waals surface area contributed by atoms with E-state index >= 15 is 0 Å². The van der Waals surface area contributed by atoms with Crippen molar-refractivity contribution >= 4 is 0 Å². The predicted octanol–water partition coefficient (Wildman–Crippen LogP) is 0.579. The first-order chi connectivity index (χ1) is 6.20. The summed E-state index contributed by atoms with van der Waals surface area (Å²) in [5, 5.41) is 9.33. The lowest BCUT2D eigenvalue weighted by molar-refractivity contribution is 0.0659. The van der Waals surface area contributed by atoms with E-state index in [2.05, 4.69) is 0 Å². The van der Waals surface area contributed by atoms with Crippen LogP contribution >= 0.6 is 0 Å². The minimum atomic E-state index is -0.829. The number of hydrogen-bond donors (Lipinski definition) is 2. The Balaban J connectivity index is 2.51. The zero-order valence-corrected chi connectivity index (χ0v) is 6.90. The lowest BCUT2D eigenvalue weighted by Crippen LogP contribution is -2.36. The van der Waals surface area contributed by atoms with Gasteiger partial charge in [0.05, 0.1) is 6.04 Å². The number of fused-ring (bicyclic) bond motifs is 1. The zero-order chi connectivity index (χ0) is 9.42. The number of rotatable bonds is 0. The molecule has 0 radical (unpaired) electrons. The molecule has 1 aromatic rings. The van der Waals surface area contributed by atoms with Gasteiger partial charge in [-0.25, -0.2) is 4.39 Å². The summed E-state index contributed by atoms with van der Waals surface area (Å²) in [5.74, 6) is 0.00144. The number of aliphatic hydroxyl groups excluding tert-OH is 1. The van der Waals surface area contributed by atoms with Crippen LogP contribution in [0.1, 0.15) is 11.6 Å². The van der Waals surface area contributed by atoms with Gasteiger partial charge in [0.25, 0.3) is 0 Å². The molecule has 1 aliphatic heterocycles. The van der Waals surface area contributed by atoms with Crippen LogP contribution in [0.5, 0.6) is 5.75 Å². The van der Waals surface area contributed by atoms with E-state index in [1.54, 1.807) is 12.1 Å². The highest BCUT2D eigenvalue weighted by atomic mass is 19.1. The van der Waals surface area contributed by atoms with Crippen LogP contribution in [-0.2, 0) is 0 Å². The molecule has 2 atom stereocenters. The van der Waals surface area contributed by atoms with Crippen molar-refractivity contribution < 1.29 is 14.2 Å². The van der Waals surface area contributed by atoms with Gasteiger partial charge in [0.2, 0.25) is 0 Å². The fraction of sp³-hybridized carbons (Fsp3) is 0.333. The molecule has 2 rings (SSSR count). The molecule has 0 bridgehead atoms. The Bertz CT molecular complexity index is 329. The van der Waals surface area contributed by atoms with E-state index in [1.807, 2.05) is 0 Å². The van der Waals surface area contributed by atoms with E-state index in [0.717, 1.165) is 0 Å². The lowest BCUT2D eigenvalue weighted by Gasteiger charge is -2.27. The van der Waals surface area contributed by atoms with Crippen LogP contribution in [-0.4, -0.2) is 17.8 Å². The fourth-order valence-electron chi connectivity index (χ4n) is 1.44. The molecular formula is C9H10FNO2. The van der Waals surface area contributed by atoms with Gasteiger partial charge < -0.3 is 15.6 Å². The highest BCUT2D eigenvalue weighted by molar-refractivity contribution is 5.39. The summed E-state index contributed by atoms with van der Waals surface area (Å²) in [6.07, 6.45) is -0.829. The number of halogens is 1. The standard InChI is InChI=1S/C9H10FNO2/c10-5-2-1-3-7-8(5)9(11)6(12)4-13-7/h1-3,6,9,12H,4,11H2/t6-,9-/m0/s1. The molecule has 3 N–H and O–H groups in total. The molecule has 4 heteroatoms. The van der Waals surface area contributed by atoms with Crippen molar-refractivity contribution in [2.24, 2.45) is 5.73 Å². The van der Waals surface area contributed by atoms with Gasteiger partial charge in [0.1, 0.15) is 24.3 Å². The summed E-state index contributed by atoms with van der Waals surface area (Å²) in [6, 6.07) is 3.81. The maximum Gasteiger partial charge on any atom is 0.131 e. The van der Waals surface area contributed by atoms with Crippen LogP contribution in [0.2, 0.25) is 0 Å². The molecule has 13 heavy (non-hydrogen) atoms. The predicted molar refractivity (Wildman–Crippen MR) is 44.8 cm³/mol. The Labute approximate surface area is 74.9 Å². The first kappa shape index (κ1) is 8.47. The van der Waals surface area contributed by atoms with Crippen molar-refractivity contribution in [2.45, 2.75) is 12.1 Å². The van der Waals surface area contributed by atoms with Gasteiger partial charge in [-0.2, -0.15) is 0 Å². The Kier molecular flexibility index (Phi) is 1.94. The highest BCUT2D eigenvalue weighted by Gasteiger charge is 2.28. The van der Waals surface area contributed by atoms with E-state index in [4.69, 9.17) is 10.5 Å². The second-order valence-corrected chi connectivity index (χ2v) is 3.06. The molecule has 1 heterocycles. The summed E-state index contributed by atoms with van der Waals surface area (Å²) in [6.45, 7) is 0.123. The number of benzene rings is 1. The Morgan fingerprint density at radius 1 is 1.54 bits per heavy atom. The Morgan fingerprint density at radius 3 is 3.08 bits per heavy atom. The molecule has 0 fully saturated rings. The average Bonchev–Trinajstić information content (AvgIpc) is 2.12. The third-order valence-electron chi connectivity index (χ3n) is 2.17. The summed E-state index contributed by atoms with van der Waals surface area (Å²) in [5.41, 5.74) is 5.89. The quantitative estimate of drug-likeness (QED) is 0.618. The molecule has 1 aromatic carbocycles. The minimum absolute atomic E-state index is 0.123. The van der Waals surface area contributed by atoms with E-state index in [0.29, 0.717) is 5.75 Å². The van der Waals surface area contributed by atoms with Crippen LogP contribution in [0.4, 0.5) is 4.39 Å². The summed E-state index contributed by atoms with van der Waals surface area (Å²) in [7, 11) is 0. The van der Waals surface area contributed by atoms with E-state index in [1.165, 1.54) is 6.07 Å². The van der Waals surface area contributed by atoms with Crippen LogP contribution in [0.15, 0.2) is 18.2 Å². The molecule has 70 valence electrons. The third-order valence-corrected chi connectivity index (χ3v) is 2.17. The molecule has 3 nitrogen and oxygen atoms in total. The maximum atomic E-state index is 13.2. The minimum Gasteiger partial charge on any atom is -0.490 e. The molecule has 0 amide bonds. The topological polar surface area (TPSA) is 55.5 Å². The van der Waals surface area contributed by atoms with Gasteiger partial charge in [-0.3, -0.25) is 0 Å². The Morgan fingerprint density at radius 2 is 2.31 bits per heavy atom. The summed E-state index contributed by atoms with van der Waals surface area (Å²) < 4.78 is 18.3. The fourth-order valence-corrected chi connectivity index (χ4v) is 1.44. The van der Waals surface area contributed by atoms with Crippen LogP contribution in [0.3, 0.4) is 0 Å². The maximum absolute atomic E-state index is 13.2. The Hall–Kier alpha value is -1.13. The van der Waals surface area contributed by atoms with Crippen LogP contribution < -0.4 is 10.5 Å². The number of nitrogens with two attached hydrogens (primary N) is 1. The van der Waals surface area contributed by atoms with Crippen molar-refractivity contribution in [3.05, 3.63) is 29.6 Å². The van der Waals surface area contributed by atoms with Crippen LogP contribution in [0.25, 0.3) is 0 Å². The highest BCUT2D eigenvalue weighted by Crippen LogP contribution is 2.32. The SMILES string of the molecule is N[C@@H]1c2c(F)cccc2OC[C@@H]1O. The number of aliphatic hydroxyl groups is 1. The summed E-state index contributed by atoms with van der Waals surface area (Å²) >= 11 is 0. The van der Waals surface area contributed by atoms with Crippen molar-refractivity contribution in [3.63, 3.8) is 0 Å². The molecule has 1 aliphatic rings. The summed E-state index contributed by atoms with van der Waals surface area (Å²) in [4.78, 5) is 0. The molecule has 0 saturated carbocycles. The van der Waals surface area contributed by atoms with Gasteiger partial charge in [-0.15, -0.1) is 0 Å². The molecule has 0 saturated heterocycles. The molecule has 0 aliphatic carbocycles. The number of ether oxygens (including phenoxy) is 1. The smallest absolute Gasteiger partial charge is 0.131 e. The van der Waals surface area contributed by atoms with Crippen LogP contribution in [0, 0.1) is 5.82 Å². The molecule has 0 aromatic heterocycles. The van der Waals surface area contributed by atoms with Gasteiger partial charge in [-0.05, 0) is 12.1 Å². The lowest BCUT2D eigenvalue weighted by atomic mass is 9.99. The second-order valence-electron chi connectivity index (χ2n) is 3.06. The first-order valence-corrected chi connectivity index (χ1v) is 4.05. The average molecular weight is 183 g/mol. The van der Waals surface area contributed by atoms with Crippen molar-refractivity contribution in [1.29, 1.82) is 0 Å². The van der Waals surface area contributed by atoms with E-state index in [-0.39, 0.29) is 12.2 Å².